The van der Waals surface area contributed by atoms with E-state index in [4.69, 9.17) is 17.4 Å². The Kier molecular flexibility index (Phi) is 1.83. The molecule has 0 aromatic heterocycles. The lowest BCUT2D eigenvalue weighted by molar-refractivity contribution is -0.137. The molecule has 0 aromatic carbocycles. The maximum Gasteiger partial charge on any atom is 0.306 e. The Morgan fingerprint density at radius 2 is 2.06 bits per heavy atom. The number of carbonyl (C=O) groups is 1. The average Bonchev–Trinajstić information content (AvgIpc) is 3.04. The molecule has 5 aliphatic rings. The fourth-order valence-electron chi connectivity index (χ4n) is 6.85. The molecule has 0 aromatic rings. The van der Waals surface area contributed by atoms with Crippen molar-refractivity contribution in [2.75, 3.05) is 6.61 Å². The minimum atomic E-state index is 0.0642. The highest BCUT2D eigenvalue weighted by Crippen LogP contribution is 2.73. The first-order valence-electron chi connectivity index (χ1n) is 7.52. The monoisotopic (exact) mass is 264 g/mol. The van der Waals surface area contributed by atoms with Gasteiger partial charge in [0.15, 0.2) is 0 Å². The Labute approximate surface area is 113 Å². The van der Waals surface area contributed by atoms with Crippen molar-refractivity contribution in [2.45, 2.75) is 37.4 Å². The predicted octanol–water partition coefficient (Wildman–Crippen LogP) is 2.53. The van der Waals surface area contributed by atoms with E-state index in [1.54, 1.807) is 0 Å². The van der Waals surface area contributed by atoms with Gasteiger partial charge in [0.2, 0.25) is 0 Å². The predicted molar refractivity (Wildman–Crippen MR) is 70.2 cm³/mol. The minimum absolute atomic E-state index is 0.0642. The fraction of sp³-hybridized carbons (Fsp3) is 0.933. The molecule has 0 N–H and O–H groups in total. The molecule has 1 spiro atoms. The summed E-state index contributed by atoms with van der Waals surface area (Å²) in [5, 5.41) is 0.674. The van der Waals surface area contributed by atoms with E-state index in [1.165, 1.54) is 25.7 Å². The summed E-state index contributed by atoms with van der Waals surface area (Å²) in [4.78, 5) is 11.6. The maximum absolute atomic E-state index is 11.6. The Hall–Kier alpha value is -0.180. The summed E-state index contributed by atoms with van der Waals surface area (Å²) in [6.45, 7) is 0.734. The molecule has 1 heterocycles. The molecule has 2 nitrogen and oxygen atoms in total. The van der Waals surface area contributed by atoms with Crippen molar-refractivity contribution in [3.8, 4) is 0 Å². The molecule has 98 valence electrons. The van der Waals surface area contributed by atoms with Crippen LogP contribution in [0.5, 0.6) is 0 Å². The van der Waals surface area contributed by atoms with Gasteiger partial charge in [0.05, 0.1) is 13.0 Å². The Bertz CT molecular complexity index is 436. The number of hydrogen-bond donors (Lipinski definition) is 1. The van der Waals surface area contributed by atoms with Crippen LogP contribution in [-0.2, 0) is 9.53 Å². The van der Waals surface area contributed by atoms with E-state index in [0.717, 1.165) is 48.5 Å². The average molecular weight is 264 g/mol. The van der Waals surface area contributed by atoms with Gasteiger partial charge in [-0.25, -0.2) is 0 Å². The molecule has 1 aliphatic heterocycles. The lowest BCUT2D eigenvalue weighted by atomic mass is 9.60. The number of hydrogen-bond acceptors (Lipinski definition) is 3. The zero-order chi connectivity index (χ0) is 12.1. The normalized spacial score (nSPS) is 63.8. The van der Waals surface area contributed by atoms with Crippen LogP contribution in [0.3, 0.4) is 0 Å². The van der Waals surface area contributed by atoms with Crippen LogP contribution in [0.1, 0.15) is 32.1 Å². The topological polar surface area (TPSA) is 26.3 Å². The molecule has 0 amide bonds. The highest BCUT2D eigenvalue weighted by Gasteiger charge is 2.69. The molecule has 8 atom stereocenters. The lowest BCUT2D eigenvalue weighted by Gasteiger charge is -2.44. The summed E-state index contributed by atoms with van der Waals surface area (Å²) in [7, 11) is 0. The maximum atomic E-state index is 11.6. The highest BCUT2D eigenvalue weighted by molar-refractivity contribution is 7.81. The summed E-state index contributed by atoms with van der Waals surface area (Å²) < 4.78 is 5.34. The lowest BCUT2D eigenvalue weighted by Crippen LogP contribution is -2.42. The van der Waals surface area contributed by atoms with Crippen LogP contribution < -0.4 is 0 Å². The number of cyclic esters (lactones) is 1. The number of ether oxygens (including phenoxy) is 1. The van der Waals surface area contributed by atoms with Crippen LogP contribution in [0.15, 0.2) is 0 Å². The first-order valence-corrected chi connectivity index (χ1v) is 8.03. The molecular weight excluding hydrogens is 244 g/mol. The summed E-state index contributed by atoms with van der Waals surface area (Å²) in [6, 6.07) is 0. The molecule has 1 saturated heterocycles. The van der Waals surface area contributed by atoms with E-state index in [9.17, 15) is 4.79 Å². The smallest absolute Gasteiger partial charge is 0.306 e. The van der Waals surface area contributed by atoms with Crippen molar-refractivity contribution in [1.29, 1.82) is 0 Å². The standard InChI is InChI=1S/C15H20O2S/c16-12-5-15(6-17-12)4-8-2-10(15)14-7-1-9(13(8)14)11(18)3-7/h7-11,13-14,18H,1-6H2. The third kappa shape index (κ3) is 1.04. The van der Waals surface area contributed by atoms with E-state index in [0.29, 0.717) is 5.25 Å². The van der Waals surface area contributed by atoms with E-state index in [-0.39, 0.29) is 11.4 Å². The second kappa shape index (κ2) is 3.11. The molecular formula is C15H20O2S. The van der Waals surface area contributed by atoms with Crippen molar-refractivity contribution >= 4 is 18.6 Å². The van der Waals surface area contributed by atoms with Crippen molar-refractivity contribution in [2.24, 2.45) is 40.9 Å². The van der Waals surface area contributed by atoms with E-state index in [2.05, 4.69) is 0 Å². The third-order valence-corrected chi connectivity index (χ3v) is 7.73. The van der Waals surface area contributed by atoms with Crippen molar-refractivity contribution in [1.82, 2.24) is 0 Å². The van der Waals surface area contributed by atoms with Gasteiger partial charge < -0.3 is 4.74 Å². The third-order valence-electron chi connectivity index (χ3n) is 7.13. The molecule has 18 heavy (non-hydrogen) atoms. The Morgan fingerprint density at radius 1 is 1.17 bits per heavy atom. The Morgan fingerprint density at radius 3 is 2.83 bits per heavy atom. The van der Waals surface area contributed by atoms with E-state index in [1.807, 2.05) is 0 Å². The van der Waals surface area contributed by atoms with Gasteiger partial charge in [-0.3, -0.25) is 4.79 Å². The van der Waals surface area contributed by atoms with Crippen LogP contribution >= 0.6 is 12.6 Å². The fourth-order valence-corrected chi connectivity index (χ4v) is 7.44. The molecule has 5 rings (SSSR count). The minimum Gasteiger partial charge on any atom is -0.465 e. The quantitative estimate of drug-likeness (QED) is 0.413. The molecule has 8 unspecified atom stereocenters. The van der Waals surface area contributed by atoms with Gasteiger partial charge in [0.1, 0.15) is 0 Å². The first-order chi connectivity index (χ1) is 8.68. The van der Waals surface area contributed by atoms with Gasteiger partial charge in [0, 0.05) is 10.7 Å². The number of esters is 1. The number of rotatable bonds is 0. The van der Waals surface area contributed by atoms with Gasteiger partial charge >= 0.3 is 5.97 Å². The van der Waals surface area contributed by atoms with Crippen LogP contribution in [0, 0.1) is 40.9 Å². The zero-order valence-corrected chi connectivity index (χ0v) is 11.4. The van der Waals surface area contributed by atoms with Crippen LogP contribution in [0.4, 0.5) is 0 Å². The molecule has 0 radical (unpaired) electrons. The van der Waals surface area contributed by atoms with Gasteiger partial charge in [-0.05, 0) is 61.2 Å². The van der Waals surface area contributed by atoms with Gasteiger partial charge in [-0.1, -0.05) is 0 Å². The SMILES string of the molecule is O=C1CC2(CO1)CC1CC2C2C3CC(S)C(C3)C12. The van der Waals surface area contributed by atoms with Gasteiger partial charge in [-0.15, -0.1) is 0 Å². The second-order valence-corrected chi connectivity index (χ2v) is 8.29. The van der Waals surface area contributed by atoms with Crippen molar-refractivity contribution < 1.29 is 9.53 Å². The number of carbonyl (C=O) groups excluding carboxylic acids is 1. The van der Waals surface area contributed by atoms with Crippen LogP contribution in [0.2, 0.25) is 0 Å². The number of fused-ring (bicyclic) bond motifs is 10. The van der Waals surface area contributed by atoms with E-state index < -0.39 is 0 Å². The van der Waals surface area contributed by atoms with Crippen molar-refractivity contribution in [3.05, 3.63) is 0 Å². The van der Waals surface area contributed by atoms with Crippen molar-refractivity contribution in [3.63, 3.8) is 0 Å². The summed E-state index contributed by atoms with van der Waals surface area (Å²) in [6.07, 6.45) is 6.15. The van der Waals surface area contributed by atoms with Gasteiger partial charge in [0.25, 0.3) is 0 Å². The first kappa shape index (κ1) is 10.6. The molecule has 4 saturated carbocycles. The second-order valence-electron chi connectivity index (χ2n) is 7.62. The summed E-state index contributed by atoms with van der Waals surface area (Å²) in [5.41, 5.74) is 0.263. The molecule has 5 fully saturated rings. The number of thiol groups is 1. The van der Waals surface area contributed by atoms with Crippen LogP contribution in [-0.4, -0.2) is 17.8 Å². The van der Waals surface area contributed by atoms with E-state index >= 15 is 0 Å². The Balaban J connectivity index is 1.52. The highest BCUT2D eigenvalue weighted by atomic mass is 32.1. The summed E-state index contributed by atoms with van der Waals surface area (Å²) >= 11 is 4.81. The zero-order valence-electron chi connectivity index (χ0n) is 10.5. The molecule has 4 aliphatic carbocycles. The largest absolute Gasteiger partial charge is 0.465 e. The molecule has 4 bridgehead atoms. The summed E-state index contributed by atoms with van der Waals surface area (Å²) in [5.74, 6) is 5.45. The van der Waals surface area contributed by atoms with Crippen LogP contribution in [0.25, 0.3) is 0 Å². The van der Waals surface area contributed by atoms with Gasteiger partial charge in [-0.2, -0.15) is 12.6 Å². The molecule has 3 heteroatoms.